The molecule has 2 heterocycles. The number of methoxy groups -OCH3 is 1. The fraction of sp³-hybridized carbons (Fsp3) is 1.00. The summed E-state index contributed by atoms with van der Waals surface area (Å²) in [6, 6.07) is -1.91. The van der Waals surface area contributed by atoms with Crippen molar-refractivity contribution in [3.8, 4) is 0 Å². The summed E-state index contributed by atoms with van der Waals surface area (Å²) < 4.78 is 21.4. The minimum absolute atomic E-state index is 0.143. The zero-order valence-electron chi connectivity index (χ0n) is 13.9. The van der Waals surface area contributed by atoms with Crippen LogP contribution >= 0.6 is 0 Å². The van der Waals surface area contributed by atoms with Crippen molar-refractivity contribution in [1.82, 2.24) is 0 Å². The van der Waals surface area contributed by atoms with Crippen LogP contribution in [0.25, 0.3) is 0 Å². The van der Waals surface area contributed by atoms with E-state index in [0.29, 0.717) is 0 Å². The molecule has 0 saturated carbocycles. The first-order valence-corrected chi connectivity index (χ1v) is 8.08. The van der Waals surface area contributed by atoms with Crippen molar-refractivity contribution < 1.29 is 44.5 Å². The first-order valence-electron chi connectivity index (χ1n) is 8.08. The molecule has 2 aliphatic heterocycles. The highest BCUT2D eigenvalue weighted by Gasteiger charge is 2.46. The highest BCUT2D eigenvalue weighted by Crippen LogP contribution is 2.28. The average molecular weight is 368 g/mol. The lowest BCUT2D eigenvalue weighted by atomic mass is 9.88. The van der Waals surface area contributed by atoms with Crippen molar-refractivity contribution in [3.05, 3.63) is 0 Å². The molecule has 0 aromatic rings. The molecule has 0 aromatic heterocycles. The number of aliphatic hydroxyl groups is 5. The topological polar surface area (TPSA) is 190 Å². The molecule has 10 atom stereocenters. The summed E-state index contributed by atoms with van der Waals surface area (Å²) in [6.07, 6.45) is -7.61. The van der Waals surface area contributed by atoms with Gasteiger partial charge in [0.1, 0.15) is 18.3 Å². The minimum atomic E-state index is -1.35. The molecule has 2 saturated heterocycles. The predicted molar refractivity (Wildman–Crippen MR) is 81.9 cm³/mol. The van der Waals surface area contributed by atoms with Crippen LogP contribution < -0.4 is 11.5 Å². The normalized spacial score (nSPS) is 48.5. The SMILES string of the molecule is COC1OC(CO)C(COC2OC(CO)C(O)C(O)C2N)C(O)C1N. The van der Waals surface area contributed by atoms with E-state index >= 15 is 0 Å². The first kappa shape index (κ1) is 20.9. The van der Waals surface area contributed by atoms with E-state index in [2.05, 4.69) is 0 Å². The molecule has 0 aromatic carbocycles. The molecule has 2 rings (SSSR count). The molecule has 2 aliphatic rings. The fourth-order valence-corrected chi connectivity index (χ4v) is 3.09. The Kier molecular flexibility index (Phi) is 7.49. The van der Waals surface area contributed by atoms with Crippen LogP contribution in [0.2, 0.25) is 0 Å². The molecular formula is C14H28N2O9. The van der Waals surface area contributed by atoms with Gasteiger partial charge in [0.05, 0.1) is 44.1 Å². The van der Waals surface area contributed by atoms with Gasteiger partial charge in [0, 0.05) is 13.0 Å². The van der Waals surface area contributed by atoms with Gasteiger partial charge < -0.3 is 55.9 Å². The first-order chi connectivity index (χ1) is 11.8. The van der Waals surface area contributed by atoms with E-state index in [1.165, 1.54) is 7.11 Å². The quantitative estimate of drug-likeness (QED) is 0.239. The van der Waals surface area contributed by atoms with Gasteiger partial charge in [0.25, 0.3) is 0 Å². The lowest BCUT2D eigenvalue weighted by Crippen LogP contribution is -2.64. The molecule has 25 heavy (non-hydrogen) atoms. The van der Waals surface area contributed by atoms with Gasteiger partial charge in [-0.15, -0.1) is 0 Å². The predicted octanol–water partition coefficient (Wildman–Crippen LogP) is -4.56. The van der Waals surface area contributed by atoms with Gasteiger partial charge >= 0.3 is 0 Å². The number of hydrogen-bond acceptors (Lipinski definition) is 11. The van der Waals surface area contributed by atoms with Crippen LogP contribution in [-0.4, -0.2) is 108 Å². The van der Waals surface area contributed by atoms with E-state index in [1.807, 2.05) is 0 Å². The minimum Gasteiger partial charge on any atom is -0.394 e. The monoisotopic (exact) mass is 368 g/mol. The van der Waals surface area contributed by atoms with Gasteiger partial charge in [-0.2, -0.15) is 0 Å². The second kappa shape index (κ2) is 8.97. The zero-order chi connectivity index (χ0) is 18.7. The summed E-state index contributed by atoms with van der Waals surface area (Å²) in [4.78, 5) is 0. The standard InChI is InChI=1S/C14H28N2O9/c1-22-13-8(15)10(19)5(6(2-17)24-13)4-23-14-9(16)12(21)11(20)7(3-18)25-14/h5-14,17-21H,2-4,15-16H2,1H3. The summed E-state index contributed by atoms with van der Waals surface area (Å²) in [5, 5.41) is 48.7. The molecule has 0 bridgehead atoms. The maximum absolute atomic E-state index is 10.4. The van der Waals surface area contributed by atoms with Crippen LogP contribution in [0.15, 0.2) is 0 Å². The van der Waals surface area contributed by atoms with Crippen LogP contribution in [-0.2, 0) is 18.9 Å². The lowest BCUT2D eigenvalue weighted by Gasteiger charge is -2.44. The number of ether oxygens (including phenoxy) is 4. The Hall–Kier alpha value is -0.440. The van der Waals surface area contributed by atoms with E-state index < -0.39 is 74.3 Å². The second-order valence-electron chi connectivity index (χ2n) is 6.31. The van der Waals surface area contributed by atoms with Crippen LogP contribution in [0.5, 0.6) is 0 Å². The number of hydrogen-bond donors (Lipinski definition) is 7. The van der Waals surface area contributed by atoms with Crippen LogP contribution in [0, 0.1) is 5.92 Å². The molecule has 2 fully saturated rings. The highest BCUT2D eigenvalue weighted by atomic mass is 16.7. The second-order valence-corrected chi connectivity index (χ2v) is 6.31. The molecule has 10 unspecified atom stereocenters. The molecule has 9 N–H and O–H groups in total. The van der Waals surface area contributed by atoms with Gasteiger partial charge in [-0.25, -0.2) is 0 Å². The van der Waals surface area contributed by atoms with E-state index in [4.69, 9.17) is 30.4 Å². The summed E-state index contributed by atoms with van der Waals surface area (Å²) >= 11 is 0. The maximum Gasteiger partial charge on any atom is 0.175 e. The number of aliphatic hydroxyl groups excluding tert-OH is 5. The van der Waals surface area contributed by atoms with Crippen LogP contribution in [0.1, 0.15) is 0 Å². The van der Waals surface area contributed by atoms with Crippen molar-refractivity contribution in [2.75, 3.05) is 26.9 Å². The largest absolute Gasteiger partial charge is 0.394 e. The fourth-order valence-electron chi connectivity index (χ4n) is 3.09. The lowest BCUT2D eigenvalue weighted by molar-refractivity contribution is -0.287. The van der Waals surface area contributed by atoms with Crippen molar-refractivity contribution in [2.24, 2.45) is 17.4 Å². The molecule has 0 amide bonds. The molecule has 0 spiro atoms. The Morgan fingerprint density at radius 3 is 1.96 bits per heavy atom. The molecule has 0 aliphatic carbocycles. The Morgan fingerprint density at radius 1 is 0.840 bits per heavy atom. The zero-order valence-corrected chi connectivity index (χ0v) is 13.9. The van der Waals surface area contributed by atoms with Gasteiger partial charge in [-0.3, -0.25) is 0 Å². The average Bonchev–Trinajstić information content (AvgIpc) is 2.62. The molecule has 11 nitrogen and oxygen atoms in total. The molecule has 11 heteroatoms. The van der Waals surface area contributed by atoms with E-state index in [0.717, 1.165) is 0 Å². The summed E-state index contributed by atoms with van der Waals surface area (Å²) in [5.41, 5.74) is 11.6. The number of rotatable bonds is 6. The van der Waals surface area contributed by atoms with E-state index in [9.17, 15) is 25.5 Å². The van der Waals surface area contributed by atoms with E-state index in [1.54, 1.807) is 0 Å². The molecular weight excluding hydrogens is 340 g/mol. The third-order valence-electron chi connectivity index (χ3n) is 4.73. The van der Waals surface area contributed by atoms with Crippen molar-refractivity contribution in [3.63, 3.8) is 0 Å². The van der Waals surface area contributed by atoms with E-state index in [-0.39, 0.29) is 6.61 Å². The van der Waals surface area contributed by atoms with Crippen molar-refractivity contribution in [1.29, 1.82) is 0 Å². The third kappa shape index (κ3) is 4.28. The van der Waals surface area contributed by atoms with Gasteiger partial charge in [0.15, 0.2) is 12.6 Å². The van der Waals surface area contributed by atoms with Gasteiger partial charge in [-0.1, -0.05) is 0 Å². The highest BCUT2D eigenvalue weighted by molar-refractivity contribution is 4.94. The summed E-state index contributed by atoms with van der Waals surface area (Å²) in [6.45, 7) is -1.06. The van der Waals surface area contributed by atoms with Crippen LogP contribution in [0.3, 0.4) is 0 Å². The Morgan fingerprint density at radius 2 is 1.40 bits per heavy atom. The van der Waals surface area contributed by atoms with Crippen molar-refractivity contribution >= 4 is 0 Å². The summed E-state index contributed by atoms with van der Waals surface area (Å²) in [7, 11) is 1.37. The third-order valence-corrected chi connectivity index (χ3v) is 4.73. The summed E-state index contributed by atoms with van der Waals surface area (Å²) in [5.74, 6) is -0.696. The Balaban J connectivity index is 2.00. The number of nitrogens with two attached hydrogens (primary N) is 2. The van der Waals surface area contributed by atoms with Gasteiger partial charge in [-0.05, 0) is 0 Å². The maximum atomic E-state index is 10.4. The van der Waals surface area contributed by atoms with Crippen LogP contribution in [0.4, 0.5) is 0 Å². The Labute approximate surface area is 145 Å². The Bertz CT molecular complexity index is 414. The smallest absolute Gasteiger partial charge is 0.175 e. The molecule has 148 valence electrons. The molecule has 0 radical (unpaired) electrons. The van der Waals surface area contributed by atoms with Crippen molar-refractivity contribution in [2.45, 2.75) is 55.2 Å². The van der Waals surface area contributed by atoms with Gasteiger partial charge in [0.2, 0.25) is 0 Å².